The van der Waals surface area contributed by atoms with E-state index < -0.39 is 17.5 Å². The van der Waals surface area contributed by atoms with Gasteiger partial charge in [0.15, 0.2) is 6.20 Å². The Hall–Kier alpha value is -1.85. The summed E-state index contributed by atoms with van der Waals surface area (Å²) in [5, 5.41) is 1.19. The highest BCUT2D eigenvalue weighted by Crippen LogP contribution is 2.07. The Balaban J connectivity index is 2.74. The summed E-state index contributed by atoms with van der Waals surface area (Å²) in [4.78, 5) is 23.3. The van der Waals surface area contributed by atoms with E-state index >= 15 is 0 Å². The topological polar surface area (TPSA) is 55.4 Å². The second-order valence-electron chi connectivity index (χ2n) is 4.79. The summed E-state index contributed by atoms with van der Waals surface area (Å²) < 4.78 is 8.27. The fourth-order valence-electron chi connectivity index (χ4n) is 1.17. The van der Waals surface area contributed by atoms with Gasteiger partial charge < -0.3 is 4.74 Å². The summed E-state index contributed by atoms with van der Waals surface area (Å²) in [5.74, 6) is -1.58. The van der Waals surface area contributed by atoms with Gasteiger partial charge in [-0.05, 0) is 20.8 Å². The highest BCUT2D eigenvalue weighted by molar-refractivity contribution is 6.36. The van der Waals surface area contributed by atoms with Crippen molar-refractivity contribution >= 4 is 11.9 Å². The highest BCUT2D eigenvalue weighted by atomic mass is 16.6. The van der Waals surface area contributed by atoms with Crippen molar-refractivity contribution in [1.29, 1.82) is 0 Å². The SMILES string of the molecule is CN(C(=O)C(=O)OC(C)(C)C)n1cc[n+](C)c1. The average molecular weight is 240 g/mol. The Kier molecular flexibility index (Phi) is 3.55. The van der Waals surface area contributed by atoms with Crippen LogP contribution in [0.5, 0.6) is 0 Å². The van der Waals surface area contributed by atoms with Crippen LogP contribution in [-0.2, 0) is 21.4 Å². The van der Waals surface area contributed by atoms with Crippen molar-refractivity contribution in [3.8, 4) is 0 Å². The maximum atomic E-state index is 11.8. The zero-order valence-corrected chi connectivity index (χ0v) is 10.8. The van der Waals surface area contributed by atoms with Gasteiger partial charge in [0.1, 0.15) is 11.8 Å². The van der Waals surface area contributed by atoms with Gasteiger partial charge in [0.25, 0.3) is 6.33 Å². The number of hydrogen-bond acceptors (Lipinski definition) is 3. The minimum absolute atomic E-state index is 0.672. The molecule has 0 saturated carbocycles. The van der Waals surface area contributed by atoms with Crippen LogP contribution in [0.4, 0.5) is 0 Å². The lowest BCUT2D eigenvalue weighted by Gasteiger charge is -2.20. The van der Waals surface area contributed by atoms with Gasteiger partial charge in [-0.25, -0.2) is 9.36 Å². The molecule has 0 aromatic carbocycles. The number of aryl methyl sites for hydroxylation is 1. The van der Waals surface area contributed by atoms with Gasteiger partial charge in [-0.2, -0.15) is 5.01 Å². The molecule has 17 heavy (non-hydrogen) atoms. The van der Waals surface area contributed by atoms with Crippen molar-refractivity contribution in [2.75, 3.05) is 12.1 Å². The fourth-order valence-corrected chi connectivity index (χ4v) is 1.17. The molecule has 0 atom stereocenters. The zero-order valence-electron chi connectivity index (χ0n) is 10.8. The third kappa shape index (κ3) is 3.58. The maximum absolute atomic E-state index is 11.8. The van der Waals surface area contributed by atoms with E-state index in [1.54, 1.807) is 44.1 Å². The lowest BCUT2D eigenvalue weighted by atomic mass is 10.2. The number of likely N-dealkylation sites (N-methyl/N-ethyl adjacent to an activating group) is 1. The lowest BCUT2D eigenvalue weighted by Crippen LogP contribution is -2.44. The van der Waals surface area contributed by atoms with Crippen molar-refractivity contribution in [3.05, 3.63) is 18.7 Å². The molecule has 0 saturated heterocycles. The first-order chi connectivity index (χ1) is 7.70. The molecule has 0 aliphatic rings. The third-order valence-corrected chi connectivity index (χ3v) is 1.97. The monoisotopic (exact) mass is 240 g/mol. The highest BCUT2D eigenvalue weighted by Gasteiger charge is 2.28. The zero-order chi connectivity index (χ0) is 13.2. The summed E-state index contributed by atoms with van der Waals surface area (Å²) in [6.07, 6.45) is 5.10. The smallest absolute Gasteiger partial charge is 0.401 e. The fraction of sp³-hybridized carbons (Fsp3) is 0.545. The molecule has 1 amide bonds. The van der Waals surface area contributed by atoms with Crippen LogP contribution in [0.3, 0.4) is 0 Å². The minimum atomic E-state index is -0.864. The predicted octanol–water partition coefficient (Wildman–Crippen LogP) is -0.251. The molecule has 6 nitrogen and oxygen atoms in total. The molecule has 1 aromatic heterocycles. The molecular weight excluding hydrogens is 222 g/mol. The van der Waals surface area contributed by atoms with E-state index in [1.165, 1.54) is 16.7 Å². The van der Waals surface area contributed by atoms with E-state index in [2.05, 4.69) is 0 Å². The maximum Gasteiger partial charge on any atom is 0.401 e. The van der Waals surface area contributed by atoms with E-state index in [0.717, 1.165) is 0 Å². The van der Waals surface area contributed by atoms with Crippen molar-refractivity contribution < 1.29 is 18.9 Å². The second kappa shape index (κ2) is 4.57. The van der Waals surface area contributed by atoms with Crippen LogP contribution in [0, 0.1) is 0 Å². The molecule has 0 bridgehead atoms. The lowest BCUT2D eigenvalue weighted by molar-refractivity contribution is -0.671. The first kappa shape index (κ1) is 13.2. The number of aromatic nitrogens is 2. The Morgan fingerprint density at radius 3 is 2.35 bits per heavy atom. The number of carbonyl (C=O) groups excluding carboxylic acids is 2. The van der Waals surface area contributed by atoms with Crippen LogP contribution >= 0.6 is 0 Å². The number of carbonyl (C=O) groups is 2. The second-order valence-corrected chi connectivity index (χ2v) is 4.79. The molecule has 0 unspecified atom stereocenters. The molecule has 0 N–H and O–H groups in total. The van der Waals surface area contributed by atoms with Crippen LogP contribution in [-0.4, -0.2) is 29.2 Å². The average Bonchev–Trinajstić information content (AvgIpc) is 2.60. The van der Waals surface area contributed by atoms with Gasteiger partial charge in [0, 0.05) is 0 Å². The van der Waals surface area contributed by atoms with E-state index in [9.17, 15) is 9.59 Å². The number of amides is 1. The summed E-state index contributed by atoms with van der Waals surface area (Å²) >= 11 is 0. The normalized spacial score (nSPS) is 11.1. The first-order valence-corrected chi connectivity index (χ1v) is 5.25. The molecule has 6 heteroatoms. The molecule has 1 aromatic rings. The van der Waals surface area contributed by atoms with E-state index in [4.69, 9.17) is 4.74 Å². The van der Waals surface area contributed by atoms with Crippen LogP contribution < -0.4 is 9.58 Å². The summed E-state index contributed by atoms with van der Waals surface area (Å²) in [6.45, 7) is 5.15. The van der Waals surface area contributed by atoms with Crippen molar-refractivity contribution in [3.63, 3.8) is 0 Å². The van der Waals surface area contributed by atoms with Crippen LogP contribution in [0.15, 0.2) is 18.7 Å². The summed E-state index contributed by atoms with van der Waals surface area (Å²) in [5.41, 5.74) is -0.672. The Morgan fingerprint density at radius 2 is 1.94 bits per heavy atom. The van der Waals surface area contributed by atoms with E-state index in [-0.39, 0.29) is 0 Å². The van der Waals surface area contributed by atoms with Gasteiger partial charge >= 0.3 is 11.9 Å². The van der Waals surface area contributed by atoms with Gasteiger partial charge in [0.2, 0.25) is 0 Å². The molecule has 0 aliphatic carbocycles. The molecule has 0 aliphatic heterocycles. The Labute approximate surface area is 100 Å². The molecule has 0 fully saturated rings. The Bertz CT molecular complexity index is 431. The van der Waals surface area contributed by atoms with Gasteiger partial charge in [-0.3, -0.25) is 4.79 Å². The predicted molar refractivity (Wildman–Crippen MR) is 60.6 cm³/mol. The van der Waals surface area contributed by atoms with Crippen molar-refractivity contribution in [2.24, 2.45) is 7.05 Å². The van der Waals surface area contributed by atoms with E-state index in [0.29, 0.717) is 0 Å². The number of hydrogen-bond donors (Lipinski definition) is 0. The van der Waals surface area contributed by atoms with Crippen LogP contribution in [0.25, 0.3) is 0 Å². The molecule has 0 radical (unpaired) electrons. The molecule has 1 heterocycles. The molecular formula is C11H18N3O3+. The Morgan fingerprint density at radius 1 is 1.35 bits per heavy atom. The number of rotatable bonds is 1. The number of ether oxygens (including phenoxy) is 1. The largest absolute Gasteiger partial charge is 0.453 e. The van der Waals surface area contributed by atoms with Gasteiger partial charge in [0.05, 0.1) is 14.1 Å². The quantitative estimate of drug-likeness (QED) is 0.386. The van der Waals surface area contributed by atoms with E-state index in [1.807, 2.05) is 7.05 Å². The summed E-state index contributed by atoms with van der Waals surface area (Å²) in [7, 11) is 3.33. The number of esters is 1. The standard InChI is InChI=1S/C11H18N3O3/c1-11(2,3)17-10(16)9(15)13(5)14-7-6-12(4)8-14/h6-8H,1-5H3/q+1. The van der Waals surface area contributed by atoms with Crippen LogP contribution in [0.1, 0.15) is 20.8 Å². The first-order valence-electron chi connectivity index (χ1n) is 5.25. The third-order valence-electron chi connectivity index (χ3n) is 1.97. The minimum Gasteiger partial charge on any atom is -0.453 e. The van der Waals surface area contributed by atoms with Crippen molar-refractivity contribution in [2.45, 2.75) is 26.4 Å². The molecule has 0 spiro atoms. The molecule has 1 rings (SSSR count). The summed E-state index contributed by atoms with van der Waals surface area (Å²) in [6, 6.07) is 0. The van der Waals surface area contributed by atoms with Gasteiger partial charge in [-0.1, -0.05) is 0 Å². The number of imidazole rings is 1. The number of nitrogens with zero attached hydrogens (tertiary/aromatic N) is 3. The van der Waals surface area contributed by atoms with Gasteiger partial charge in [-0.15, -0.1) is 4.68 Å². The van der Waals surface area contributed by atoms with Crippen LogP contribution in [0.2, 0.25) is 0 Å². The molecule has 94 valence electrons. The van der Waals surface area contributed by atoms with Crippen molar-refractivity contribution in [1.82, 2.24) is 4.68 Å².